The Bertz CT molecular complexity index is 393. The first-order valence-corrected chi connectivity index (χ1v) is 7.19. The lowest BCUT2D eigenvalue weighted by molar-refractivity contribution is -0.122. The molecule has 2 unspecified atom stereocenters. The van der Waals surface area contributed by atoms with Gasteiger partial charge in [0.15, 0.2) is 0 Å². The second kappa shape index (κ2) is 5.78. The van der Waals surface area contributed by atoms with Crippen molar-refractivity contribution in [1.82, 2.24) is 5.32 Å². The van der Waals surface area contributed by atoms with Gasteiger partial charge < -0.3 is 5.32 Å². The summed E-state index contributed by atoms with van der Waals surface area (Å²) in [6.45, 7) is 2.85. The number of rotatable bonds is 5. The predicted octanol–water partition coefficient (Wildman–Crippen LogP) is 3.20. The van der Waals surface area contributed by atoms with Crippen LogP contribution in [-0.4, -0.2) is 18.2 Å². The zero-order valence-electron chi connectivity index (χ0n) is 9.78. The van der Waals surface area contributed by atoms with Gasteiger partial charge in [-0.15, -0.1) is 11.8 Å². The highest BCUT2D eigenvalue weighted by molar-refractivity contribution is 7.99. The van der Waals surface area contributed by atoms with E-state index in [1.165, 1.54) is 4.90 Å². The van der Waals surface area contributed by atoms with Crippen molar-refractivity contribution in [2.45, 2.75) is 18.2 Å². The Hall–Kier alpha value is -0.670. The number of nitrogens with one attached hydrogen (secondary N) is 1. The van der Waals surface area contributed by atoms with E-state index in [4.69, 9.17) is 11.6 Å². The van der Waals surface area contributed by atoms with E-state index in [1.807, 2.05) is 24.3 Å². The van der Waals surface area contributed by atoms with Gasteiger partial charge in [-0.25, -0.2) is 0 Å². The van der Waals surface area contributed by atoms with E-state index in [0.717, 1.165) is 23.7 Å². The fraction of sp³-hybridized carbons (Fsp3) is 0.462. The highest BCUT2D eigenvalue weighted by Gasteiger charge is 2.38. The predicted molar refractivity (Wildman–Crippen MR) is 72.5 cm³/mol. The van der Waals surface area contributed by atoms with Crippen LogP contribution in [0.1, 0.15) is 13.3 Å². The topological polar surface area (TPSA) is 29.1 Å². The minimum Gasteiger partial charge on any atom is -0.355 e. The molecule has 0 heterocycles. The third kappa shape index (κ3) is 3.93. The minimum atomic E-state index is 0.217. The molecule has 1 N–H and O–H groups in total. The van der Waals surface area contributed by atoms with Crippen molar-refractivity contribution < 1.29 is 4.79 Å². The van der Waals surface area contributed by atoms with Crippen LogP contribution in [0.4, 0.5) is 0 Å². The quantitative estimate of drug-likeness (QED) is 0.657. The van der Waals surface area contributed by atoms with Crippen LogP contribution in [0.3, 0.4) is 0 Å². The van der Waals surface area contributed by atoms with Gasteiger partial charge >= 0.3 is 0 Å². The zero-order valence-corrected chi connectivity index (χ0v) is 11.4. The average molecular weight is 270 g/mol. The summed E-state index contributed by atoms with van der Waals surface area (Å²) in [6, 6.07) is 7.76. The highest BCUT2D eigenvalue weighted by Crippen LogP contribution is 2.37. The number of thioether (sulfide) groups is 1. The molecular weight excluding hydrogens is 254 g/mol. The molecular formula is C13H16ClNOS. The fourth-order valence-corrected chi connectivity index (χ4v) is 2.59. The van der Waals surface area contributed by atoms with Gasteiger partial charge in [0.1, 0.15) is 0 Å². The van der Waals surface area contributed by atoms with E-state index in [2.05, 4.69) is 12.2 Å². The lowest BCUT2D eigenvalue weighted by atomic mass is 10.3. The van der Waals surface area contributed by atoms with E-state index in [0.29, 0.717) is 5.92 Å². The highest BCUT2D eigenvalue weighted by atomic mass is 35.5. The monoisotopic (exact) mass is 269 g/mol. The molecule has 1 aromatic rings. The molecule has 4 heteroatoms. The molecule has 92 valence electrons. The number of carbonyl (C=O) groups excluding carboxylic acids is 1. The normalized spacial score (nSPS) is 22.2. The van der Waals surface area contributed by atoms with Gasteiger partial charge in [0.2, 0.25) is 5.91 Å². The molecule has 1 aromatic carbocycles. The van der Waals surface area contributed by atoms with E-state index in [9.17, 15) is 4.79 Å². The molecule has 0 aliphatic heterocycles. The molecule has 0 saturated heterocycles. The standard InChI is InChI=1S/C13H16ClNOS/c1-9-8-12(9)13(16)15-6-7-17-11-4-2-10(14)3-5-11/h2-5,9,12H,6-8H2,1H3,(H,15,16). The van der Waals surface area contributed by atoms with Crippen LogP contribution >= 0.6 is 23.4 Å². The second-order valence-corrected chi connectivity index (χ2v) is 6.02. The number of hydrogen-bond donors (Lipinski definition) is 1. The molecule has 1 amide bonds. The SMILES string of the molecule is CC1CC1C(=O)NCCSc1ccc(Cl)cc1. The van der Waals surface area contributed by atoms with Gasteiger partial charge in [-0.3, -0.25) is 4.79 Å². The Morgan fingerprint density at radius 2 is 2.12 bits per heavy atom. The summed E-state index contributed by atoms with van der Waals surface area (Å²) in [4.78, 5) is 12.7. The van der Waals surface area contributed by atoms with Crippen LogP contribution in [0.25, 0.3) is 0 Å². The maximum absolute atomic E-state index is 11.5. The number of halogens is 1. The average Bonchev–Trinajstić information content (AvgIpc) is 3.04. The van der Waals surface area contributed by atoms with Gasteiger partial charge in [0.05, 0.1) is 0 Å². The van der Waals surface area contributed by atoms with Crippen LogP contribution in [0.5, 0.6) is 0 Å². The van der Waals surface area contributed by atoms with Crippen molar-refractivity contribution in [3.63, 3.8) is 0 Å². The first-order valence-electron chi connectivity index (χ1n) is 5.83. The molecule has 1 saturated carbocycles. The number of carbonyl (C=O) groups is 1. The summed E-state index contributed by atoms with van der Waals surface area (Å²) >= 11 is 7.53. The van der Waals surface area contributed by atoms with E-state index in [-0.39, 0.29) is 11.8 Å². The van der Waals surface area contributed by atoms with Crippen molar-refractivity contribution >= 4 is 29.3 Å². The number of hydrogen-bond acceptors (Lipinski definition) is 2. The fourth-order valence-electron chi connectivity index (χ4n) is 1.69. The Morgan fingerprint density at radius 1 is 1.47 bits per heavy atom. The Balaban J connectivity index is 1.63. The van der Waals surface area contributed by atoms with Crippen LogP contribution in [0, 0.1) is 11.8 Å². The Kier molecular flexibility index (Phi) is 4.35. The summed E-state index contributed by atoms with van der Waals surface area (Å²) in [5.74, 6) is 1.97. The molecule has 1 aliphatic rings. The molecule has 1 aliphatic carbocycles. The van der Waals surface area contributed by atoms with Gasteiger partial charge in [-0.2, -0.15) is 0 Å². The molecule has 0 bridgehead atoms. The molecule has 1 fully saturated rings. The van der Waals surface area contributed by atoms with Gasteiger partial charge in [0, 0.05) is 28.1 Å². The minimum absolute atomic E-state index is 0.217. The van der Waals surface area contributed by atoms with E-state index in [1.54, 1.807) is 11.8 Å². The lowest BCUT2D eigenvalue weighted by Crippen LogP contribution is -2.27. The van der Waals surface area contributed by atoms with Crippen LogP contribution in [0.15, 0.2) is 29.2 Å². The number of amides is 1. The molecule has 0 radical (unpaired) electrons. The molecule has 2 atom stereocenters. The third-order valence-electron chi connectivity index (χ3n) is 2.93. The molecule has 2 rings (SSSR count). The van der Waals surface area contributed by atoms with Crippen molar-refractivity contribution in [2.75, 3.05) is 12.3 Å². The Labute approximate surface area is 111 Å². The van der Waals surface area contributed by atoms with Crippen LogP contribution in [-0.2, 0) is 4.79 Å². The maximum Gasteiger partial charge on any atom is 0.223 e. The van der Waals surface area contributed by atoms with Crippen molar-refractivity contribution in [3.05, 3.63) is 29.3 Å². The van der Waals surface area contributed by atoms with Crippen molar-refractivity contribution in [3.8, 4) is 0 Å². The summed E-state index contributed by atoms with van der Waals surface area (Å²) in [5, 5.41) is 3.73. The maximum atomic E-state index is 11.5. The van der Waals surface area contributed by atoms with Gasteiger partial charge in [-0.05, 0) is 36.6 Å². The third-order valence-corrected chi connectivity index (χ3v) is 4.20. The van der Waals surface area contributed by atoms with Crippen LogP contribution in [0.2, 0.25) is 5.02 Å². The Morgan fingerprint density at radius 3 is 2.71 bits per heavy atom. The van der Waals surface area contributed by atoms with Crippen molar-refractivity contribution in [2.24, 2.45) is 11.8 Å². The lowest BCUT2D eigenvalue weighted by Gasteiger charge is -2.04. The van der Waals surface area contributed by atoms with E-state index < -0.39 is 0 Å². The summed E-state index contributed by atoms with van der Waals surface area (Å²) in [7, 11) is 0. The van der Waals surface area contributed by atoms with Gasteiger partial charge in [0.25, 0.3) is 0 Å². The van der Waals surface area contributed by atoms with E-state index >= 15 is 0 Å². The summed E-state index contributed by atoms with van der Waals surface area (Å²) in [5.41, 5.74) is 0. The van der Waals surface area contributed by atoms with Crippen LogP contribution < -0.4 is 5.32 Å². The molecule has 2 nitrogen and oxygen atoms in total. The summed E-state index contributed by atoms with van der Waals surface area (Å²) in [6.07, 6.45) is 1.05. The smallest absolute Gasteiger partial charge is 0.223 e. The number of benzene rings is 1. The summed E-state index contributed by atoms with van der Waals surface area (Å²) < 4.78 is 0. The molecule has 17 heavy (non-hydrogen) atoms. The first-order chi connectivity index (χ1) is 8.16. The van der Waals surface area contributed by atoms with Gasteiger partial charge in [-0.1, -0.05) is 18.5 Å². The molecule has 0 spiro atoms. The van der Waals surface area contributed by atoms with Crippen molar-refractivity contribution in [1.29, 1.82) is 0 Å². The first kappa shape index (κ1) is 12.8. The largest absolute Gasteiger partial charge is 0.355 e. The zero-order chi connectivity index (χ0) is 12.3. The second-order valence-electron chi connectivity index (χ2n) is 4.41. The molecule has 0 aromatic heterocycles.